The molecular formula is C15H14BrNO4. The van der Waals surface area contributed by atoms with E-state index in [0.29, 0.717) is 5.56 Å². The predicted molar refractivity (Wildman–Crippen MR) is 82.4 cm³/mol. The number of carbonyl (C=O) groups is 2. The van der Waals surface area contributed by atoms with Gasteiger partial charge in [0.15, 0.2) is 6.10 Å². The van der Waals surface area contributed by atoms with Gasteiger partial charge in [-0.3, -0.25) is 4.79 Å². The zero-order valence-corrected chi connectivity index (χ0v) is 12.9. The van der Waals surface area contributed by atoms with Crippen molar-refractivity contribution in [1.82, 2.24) is 5.32 Å². The number of aliphatic carboxylic acids is 1. The minimum Gasteiger partial charge on any atom is -0.479 e. The lowest BCUT2D eigenvalue weighted by Gasteiger charge is -2.11. The molecule has 0 aliphatic rings. The molecule has 0 saturated heterocycles. The fraction of sp³-hybridized carbons (Fsp3) is 0.200. The molecule has 2 rings (SSSR count). The van der Waals surface area contributed by atoms with E-state index in [4.69, 9.17) is 9.84 Å². The van der Waals surface area contributed by atoms with Crippen LogP contribution >= 0.6 is 15.9 Å². The number of rotatable bonds is 5. The summed E-state index contributed by atoms with van der Waals surface area (Å²) in [6, 6.07) is 11.1. The lowest BCUT2D eigenvalue weighted by atomic mass is 10.1. The molecule has 2 N–H and O–H groups in total. The number of halogens is 1. The van der Waals surface area contributed by atoms with Crippen molar-refractivity contribution in [2.75, 3.05) is 13.7 Å². The van der Waals surface area contributed by atoms with Crippen LogP contribution in [0.2, 0.25) is 0 Å². The van der Waals surface area contributed by atoms with Crippen LogP contribution in [0, 0.1) is 0 Å². The van der Waals surface area contributed by atoms with Crippen molar-refractivity contribution >= 4 is 38.6 Å². The molecule has 0 saturated carbocycles. The van der Waals surface area contributed by atoms with E-state index in [1.807, 2.05) is 24.3 Å². The Hall–Kier alpha value is -1.92. The van der Waals surface area contributed by atoms with Crippen LogP contribution in [0.3, 0.4) is 0 Å². The first-order valence-electron chi connectivity index (χ1n) is 6.24. The monoisotopic (exact) mass is 351 g/mol. The second kappa shape index (κ2) is 6.69. The fourth-order valence-electron chi connectivity index (χ4n) is 1.92. The summed E-state index contributed by atoms with van der Waals surface area (Å²) < 4.78 is 5.73. The highest BCUT2D eigenvalue weighted by molar-refractivity contribution is 9.10. The molecule has 2 aromatic rings. The van der Waals surface area contributed by atoms with Crippen molar-refractivity contribution in [3.8, 4) is 0 Å². The number of amides is 1. The standard InChI is InChI=1S/C15H14BrNO4/c1-21-13(15(19)20)8-17-14(18)11-3-2-10-7-12(16)5-4-9(10)6-11/h2-7,13H,8H2,1H3,(H,17,18)(H,19,20). The highest BCUT2D eigenvalue weighted by atomic mass is 79.9. The van der Waals surface area contributed by atoms with Crippen molar-refractivity contribution in [2.45, 2.75) is 6.10 Å². The number of ether oxygens (including phenoxy) is 1. The summed E-state index contributed by atoms with van der Waals surface area (Å²) in [6.45, 7) is -0.0803. The molecule has 5 nitrogen and oxygen atoms in total. The Balaban J connectivity index is 2.12. The highest BCUT2D eigenvalue weighted by Crippen LogP contribution is 2.20. The van der Waals surface area contributed by atoms with Gasteiger partial charge in [-0.1, -0.05) is 28.1 Å². The smallest absolute Gasteiger partial charge is 0.334 e. The summed E-state index contributed by atoms with van der Waals surface area (Å²) in [4.78, 5) is 22.8. The van der Waals surface area contributed by atoms with E-state index in [-0.39, 0.29) is 12.5 Å². The second-order valence-corrected chi connectivity index (χ2v) is 5.39. The molecule has 0 aliphatic heterocycles. The quantitative estimate of drug-likeness (QED) is 0.867. The van der Waals surface area contributed by atoms with Gasteiger partial charge in [-0.15, -0.1) is 0 Å². The lowest BCUT2D eigenvalue weighted by molar-refractivity contribution is -0.148. The maximum Gasteiger partial charge on any atom is 0.334 e. The minimum atomic E-state index is -1.11. The van der Waals surface area contributed by atoms with Gasteiger partial charge >= 0.3 is 5.97 Å². The Morgan fingerprint density at radius 2 is 1.90 bits per heavy atom. The summed E-state index contributed by atoms with van der Waals surface area (Å²) in [7, 11) is 1.29. The van der Waals surface area contributed by atoms with E-state index >= 15 is 0 Å². The number of benzene rings is 2. The number of carboxylic acids is 1. The van der Waals surface area contributed by atoms with Crippen molar-refractivity contribution in [2.24, 2.45) is 0 Å². The first kappa shape index (κ1) is 15.5. The van der Waals surface area contributed by atoms with Gasteiger partial charge in [0, 0.05) is 17.1 Å². The molecule has 0 fully saturated rings. The van der Waals surface area contributed by atoms with E-state index in [2.05, 4.69) is 21.2 Å². The van der Waals surface area contributed by atoms with E-state index in [1.54, 1.807) is 12.1 Å². The Labute approximate surface area is 130 Å². The molecule has 1 atom stereocenters. The predicted octanol–water partition coefficient (Wildman–Crippen LogP) is 2.43. The number of nitrogens with one attached hydrogen (secondary N) is 1. The van der Waals surface area contributed by atoms with Crippen LogP contribution in [-0.4, -0.2) is 36.7 Å². The van der Waals surface area contributed by atoms with Crippen molar-refractivity contribution in [1.29, 1.82) is 0 Å². The van der Waals surface area contributed by atoms with Gasteiger partial charge in [-0.25, -0.2) is 4.79 Å². The molecular weight excluding hydrogens is 338 g/mol. The van der Waals surface area contributed by atoms with E-state index in [9.17, 15) is 9.59 Å². The molecule has 21 heavy (non-hydrogen) atoms. The molecule has 110 valence electrons. The van der Waals surface area contributed by atoms with Crippen LogP contribution in [0.1, 0.15) is 10.4 Å². The van der Waals surface area contributed by atoms with Gasteiger partial charge < -0.3 is 15.2 Å². The van der Waals surface area contributed by atoms with Crippen molar-refractivity contribution in [3.63, 3.8) is 0 Å². The number of hydrogen-bond donors (Lipinski definition) is 2. The normalized spacial score (nSPS) is 12.1. The number of carbonyl (C=O) groups excluding carboxylic acids is 1. The number of methoxy groups -OCH3 is 1. The number of fused-ring (bicyclic) bond motifs is 1. The third-order valence-electron chi connectivity index (χ3n) is 3.07. The molecule has 1 unspecified atom stereocenters. The molecule has 6 heteroatoms. The first-order valence-corrected chi connectivity index (χ1v) is 7.03. The maximum atomic E-state index is 12.0. The Morgan fingerprint density at radius 1 is 1.24 bits per heavy atom. The second-order valence-electron chi connectivity index (χ2n) is 4.48. The summed E-state index contributed by atoms with van der Waals surface area (Å²) in [5, 5.41) is 13.3. The van der Waals surface area contributed by atoms with Crippen molar-refractivity contribution < 1.29 is 19.4 Å². The number of carboxylic acid groups (broad SMARTS) is 1. The molecule has 2 aromatic carbocycles. The highest BCUT2D eigenvalue weighted by Gasteiger charge is 2.17. The SMILES string of the molecule is COC(CNC(=O)c1ccc2cc(Br)ccc2c1)C(=O)O. The summed E-state index contributed by atoms with van der Waals surface area (Å²) in [6.07, 6.45) is -1.05. The summed E-state index contributed by atoms with van der Waals surface area (Å²) >= 11 is 3.39. The first-order chi connectivity index (χ1) is 10.0. The van der Waals surface area contributed by atoms with E-state index < -0.39 is 12.1 Å². The van der Waals surface area contributed by atoms with Gasteiger partial charge in [-0.05, 0) is 35.0 Å². The largest absolute Gasteiger partial charge is 0.479 e. The van der Waals surface area contributed by atoms with Gasteiger partial charge in [0.25, 0.3) is 5.91 Å². The molecule has 0 heterocycles. The Bertz CT molecular complexity index is 686. The lowest BCUT2D eigenvalue weighted by Crippen LogP contribution is -2.37. The fourth-order valence-corrected chi connectivity index (χ4v) is 2.30. The van der Waals surface area contributed by atoms with Gasteiger partial charge in [0.2, 0.25) is 0 Å². The third-order valence-corrected chi connectivity index (χ3v) is 3.57. The average molecular weight is 352 g/mol. The molecule has 1 amide bonds. The van der Waals surface area contributed by atoms with Crippen LogP contribution in [-0.2, 0) is 9.53 Å². The van der Waals surface area contributed by atoms with Crippen LogP contribution in [0.4, 0.5) is 0 Å². The van der Waals surface area contributed by atoms with Crippen molar-refractivity contribution in [3.05, 3.63) is 46.4 Å². The van der Waals surface area contributed by atoms with Gasteiger partial charge in [-0.2, -0.15) is 0 Å². The molecule has 0 spiro atoms. The molecule has 0 radical (unpaired) electrons. The zero-order valence-electron chi connectivity index (χ0n) is 11.3. The van der Waals surface area contributed by atoms with Crippen LogP contribution in [0.25, 0.3) is 10.8 Å². The van der Waals surface area contributed by atoms with E-state index in [1.165, 1.54) is 7.11 Å². The zero-order chi connectivity index (χ0) is 15.4. The van der Waals surface area contributed by atoms with Crippen LogP contribution in [0.5, 0.6) is 0 Å². The van der Waals surface area contributed by atoms with Gasteiger partial charge in [0.05, 0.1) is 6.54 Å². The molecule has 0 aromatic heterocycles. The maximum absolute atomic E-state index is 12.0. The third kappa shape index (κ3) is 3.80. The summed E-state index contributed by atoms with van der Waals surface area (Å²) in [5.74, 6) is -1.44. The average Bonchev–Trinajstić information content (AvgIpc) is 2.46. The van der Waals surface area contributed by atoms with Crippen LogP contribution in [0.15, 0.2) is 40.9 Å². The minimum absolute atomic E-state index is 0.0803. The topological polar surface area (TPSA) is 75.6 Å². The Morgan fingerprint density at radius 3 is 2.57 bits per heavy atom. The molecule has 0 bridgehead atoms. The molecule has 0 aliphatic carbocycles. The summed E-state index contributed by atoms with van der Waals surface area (Å²) in [5.41, 5.74) is 0.477. The van der Waals surface area contributed by atoms with E-state index in [0.717, 1.165) is 15.2 Å². The number of hydrogen-bond acceptors (Lipinski definition) is 3. The van der Waals surface area contributed by atoms with Gasteiger partial charge in [0.1, 0.15) is 0 Å². The van der Waals surface area contributed by atoms with Crippen LogP contribution < -0.4 is 5.32 Å². The Kier molecular flexibility index (Phi) is 4.93.